The Bertz CT molecular complexity index is 356. The quantitative estimate of drug-likeness (QED) is 0.827. The number of benzene rings is 1. The van der Waals surface area contributed by atoms with Crippen LogP contribution in [0, 0.1) is 5.92 Å². The number of piperidine rings is 1. The summed E-state index contributed by atoms with van der Waals surface area (Å²) in [6, 6.07) is 8.63. The molecular formula is C14H19NO. The van der Waals surface area contributed by atoms with Crippen LogP contribution < -0.4 is 5.32 Å². The molecular weight excluding hydrogens is 198 g/mol. The van der Waals surface area contributed by atoms with Gasteiger partial charge in [0.1, 0.15) is 0 Å². The van der Waals surface area contributed by atoms with E-state index >= 15 is 0 Å². The zero-order chi connectivity index (χ0) is 11.4. The third-order valence-corrected chi connectivity index (χ3v) is 3.31. The van der Waals surface area contributed by atoms with E-state index in [4.69, 9.17) is 0 Å². The van der Waals surface area contributed by atoms with E-state index in [1.54, 1.807) is 0 Å². The molecule has 1 fully saturated rings. The molecule has 1 heterocycles. The summed E-state index contributed by atoms with van der Waals surface area (Å²) in [5.41, 5.74) is 2.64. The van der Waals surface area contributed by atoms with Crippen molar-refractivity contribution in [3.8, 4) is 0 Å². The third kappa shape index (κ3) is 2.63. The molecule has 0 aliphatic carbocycles. The molecule has 0 saturated carbocycles. The van der Waals surface area contributed by atoms with Gasteiger partial charge in [0.25, 0.3) is 0 Å². The Hall–Kier alpha value is -1.31. The van der Waals surface area contributed by atoms with E-state index in [-0.39, 0.29) is 11.8 Å². The first-order valence-corrected chi connectivity index (χ1v) is 6.15. The maximum atomic E-state index is 11.6. The standard InChI is InChI=1S/C14H19NO/c1-2-11-5-7-12(8-6-11)10-13-4-3-9-15-14(13)16/h5-8,13H,2-4,9-10H2,1H3,(H,15,16). The minimum Gasteiger partial charge on any atom is -0.356 e. The Labute approximate surface area is 97.1 Å². The largest absolute Gasteiger partial charge is 0.356 e. The van der Waals surface area contributed by atoms with Gasteiger partial charge >= 0.3 is 0 Å². The summed E-state index contributed by atoms with van der Waals surface area (Å²) in [5, 5.41) is 2.94. The van der Waals surface area contributed by atoms with Gasteiger partial charge in [0.15, 0.2) is 0 Å². The minimum absolute atomic E-state index is 0.182. The predicted octanol–water partition coefficient (Wildman–Crippen LogP) is 2.32. The molecule has 1 saturated heterocycles. The summed E-state index contributed by atoms with van der Waals surface area (Å²) < 4.78 is 0. The number of hydrogen-bond acceptors (Lipinski definition) is 1. The first kappa shape index (κ1) is 11.2. The lowest BCUT2D eigenvalue weighted by atomic mass is 9.91. The van der Waals surface area contributed by atoms with Crippen molar-refractivity contribution in [1.29, 1.82) is 0 Å². The highest BCUT2D eigenvalue weighted by Crippen LogP contribution is 2.17. The van der Waals surface area contributed by atoms with Gasteiger partial charge in [-0.3, -0.25) is 4.79 Å². The number of nitrogens with one attached hydrogen (secondary N) is 1. The van der Waals surface area contributed by atoms with Gasteiger partial charge in [0.05, 0.1) is 0 Å². The molecule has 2 heteroatoms. The van der Waals surface area contributed by atoms with Crippen molar-refractivity contribution in [2.75, 3.05) is 6.54 Å². The molecule has 1 aromatic carbocycles. The van der Waals surface area contributed by atoms with Crippen LogP contribution >= 0.6 is 0 Å². The van der Waals surface area contributed by atoms with Gasteiger partial charge < -0.3 is 5.32 Å². The number of amides is 1. The molecule has 1 atom stereocenters. The van der Waals surface area contributed by atoms with Crippen molar-refractivity contribution >= 4 is 5.91 Å². The van der Waals surface area contributed by atoms with E-state index in [0.717, 1.165) is 32.2 Å². The van der Waals surface area contributed by atoms with Crippen LogP contribution in [0.2, 0.25) is 0 Å². The predicted molar refractivity (Wildman–Crippen MR) is 65.3 cm³/mol. The molecule has 1 aromatic rings. The zero-order valence-electron chi connectivity index (χ0n) is 9.83. The molecule has 0 spiro atoms. The second kappa shape index (κ2) is 5.15. The summed E-state index contributed by atoms with van der Waals surface area (Å²) in [4.78, 5) is 11.6. The third-order valence-electron chi connectivity index (χ3n) is 3.31. The highest BCUT2D eigenvalue weighted by Gasteiger charge is 2.21. The second-order valence-electron chi connectivity index (χ2n) is 4.50. The summed E-state index contributed by atoms with van der Waals surface area (Å²) in [7, 11) is 0. The molecule has 2 rings (SSSR count). The molecule has 1 amide bonds. The number of rotatable bonds is 3. The van der Waals surface area contributed by atoms with E-state index in [9.17, 15) is 4.79 Å². The molecule has 86 valence electrons. The second-order valence-corrected chi connectivity index (χ2v) is 4.50. The molecule has 1 aliphatic heterocycles. The highest BCUT2D eigenvalue weighted by molar-refractivity contribution is 5.79. The molecule has 2 nitrogen and oxygen atoms in total. The lowest BCUT2D eigenvalue weighted by Gasteiger charge is -2.21. The van der Waals surface area contributed by atoms with Gasteiger partial charge in [-0.05, 0) is 36.8 Å². The maximum Gasteiger partial charge on any atom is 0.223 e. The average Bonchev–Trinajstić information content (AvgIpc) is 2.33. The molecule has 0 bridgehead atoms. The van der Waals surface area contributed by atoms with Crippen molar-refractivity contribution in [3.05, 3.63) is 35.4 Å². The Morgan fingerprint density at radius 3 is 2.56 bits per heavy atom. The van der Waals surface area contributed by atoms with Gasteiger partial charge in [-0.25, -0.2) is 0 Å². The maximum absolute atomic E-state index is 11.6. The van der Waals surface area contributed by atoms with Crippen molar-refractivity contribution in [3.63, 3.8) is 0 Å². The first-order chi connectivity index (χ1) is 7.79. The lowest BCUT2D eigenvalue weighted by Crippen LogP contribution is -2.37. The van der Waals surface area contributed by atoms with Crippen LogP contribution in [0.5, 0.6) is 0 Å². The molecule has 1 unspecified atom stereocenters. The molecule has 1 N–H and O–H groups in total. The Balaban J connectivity index is 1.99. The van der Waals surface area contributed by atoms with Crippen molar-refractivity contribution in [2.45, 2.75) is 32.6 Å². The van der Waals surface area contributed by atoms with E-state index in [1.165, 1.54) is 11.1 Å². The monoisotopic (exact) mass is 217 g/mol. The first-order valence-electron chi connectivity index (χ1n) is 6.15. The fourth-order valence-corrected chi connectivity index (χ4v) is 2.23. The van der Waals surface area contributed by atoms with Crippen molar-refractivity contribution in [2.24, 2.45) is 5.92 Å². The fourth-order valence-electron chi connectivity index (χ4n) is 2.23. The van der Waals surface area contributed by atoms with Crippen LogP contribution in [0.1, 0.15) is 30.9 Å². The van der Waals surface area contributed by atoms with E-state index in [2.05, 4.69) is 36.5 Å². The van der Waals surface area contributed by atoms with E-state index in [0.29, 0.717) is 0 Å². The van der Waals surface area contributed by atoms with Crippen LogP contribution in [-0.4, -0.2) is 12.5 Å². The smallest absolute Gasteiger partial charge is 0.223 e. The minimum atomic E-state index is 0.182. The van der Waals surface area contributed by atoms with Gasteiger partial charge in [0.2, 0.25) is 5.91 Å². The fraction of sp³-hybridized carbons (Fsp3) is 0.500. The van der Waals surface area contributed by atoms with Crippen molar-refractivity contribution < 1.29 is 4.79 Å². The topological polar surface area (TPSA) is 29.1 Å². The lowest BCUT2D eigenvalue weighted by molar-refractivity contribution is -0.126. The van der Waals surface area contributed by atoms with E-state index in [1.807, 2.05) is 0 Å². The summed E-state index contributed by atoms with van der Waals surface area (Å²) in [6.07, 6.45) is 4.10. The number of carbonyl (C=O) groups excluding carboxylic acids is 1. The van der Waals surface area contributed by atoms with Gasteiger partial charge in [0, 0.05) is 12.5 Å². The Kier molecular flexibility index (Phi) is 3.60. The highest BCUT2D eigenvalue weighted by atomic mass is 16.1. The van der Waals surface area contributed by atoms with Crippen LogP contribution in [0.4, 0.5) is 0 Å². The Morgan fingerprint density at radius 2 is 1.94 bits per heavy atom. The zero-order valence-corrected chi connectivity index (χ0v) is 9.83. The summed E-state index contributed by atoms with van der Waals surface area (Å²) >= 11 is 0. The summed E-state index contributed by atoms with van der Waals surface area (Å²) in [5.74, 6) is 0.409. The van der Waals surface area contributed by atoms with Crippen LogP contribution in [-0.2, 0) is 17.6 Å². The molecule has 0 aromatic heterocycles. The van der Waals surface area contributed by atoms with Crippen molar-refractivity contribution in [1.82, 2.24) is 5.32 Å². The summed E-state index contributed by atoms with van der Waals surface area (Å²) in [6.45, 7) is 3.01. The van der Waals surface area contributed by atoms with Crippen LogP contribution in [0.15, 0.2) is 24.3 Å². The molecule has 0 radical (unpaired) electrons. The van der Waals surface area contributed by atoms with Crippen LogP contribution in [0.3, 0.4) is 0 Å². The van der Waals surface area contributed by atoms with E-state index < -0.39 is 0 Å². The number of hydrogen-bond donors (Lipinski definition) is 1. The van der Waals surface area contributed by atoms with Gasteiger partial charge in [-0.1, -0.05) is 31.2 Å². The molecule has 16 heavy (non-hydrogen) atoms. The normalized spacial score (nSPS) is 20.6. The Morgan fingerprint density at radius 1 is 1.25 bits per heavy atom. The SMILES string of the molecule is CCc1ccc(CC2CCCNC2=O)cc1. The van der Waals surface area contributed by atoms with Gasteiger partial charge in [-0.2, -0.15) is 0 Å². The number of aryl methyl sites for hydroxylation is 1. The average molecular weight is 217 g/mol. The van der Waals surface area contributed by atoms with Crippen LogP contribution in [0.25, 0.3) is 0 Å². The van der Waals surface area contributed by atoms with Gasteiger partial charge in [-0.15, -0.1) is 0 Å². The molecule has 1 aliphatic rings. The number of carbonyl (C=O) groups is 1.